The molecule has 122 valence electrons. The van der Waals surface area contributed by atoms with Crippen molar-refractivity contribution in [1.82, 2.24) is 4.57 Å². The largest absolute Gasteiger partial charge is 0.508 e. The van der Waals surface area contributed by atoms with Crippen LogP contribution in [0.2, 0.25) is 0 Å². The lowest BCUT2D eigenvalue weighted by Crippen LogP contribution is -2.02. The van der Waals surface area contributed by atoms with Crippen molar-refractivity contribution in [2.45, 2.75) is 32.2 Å². The fourth-order valence-corrected chi connectivity index (χ4v) is 4.67. The van der Waals surface area contributed by atoms with Crippen molar-refractivity contribution in [1.29, 1.82) is 0 Å². The number of hydrogen-bond donors (Lipinski definition) is 1. The van der Waals surface area contributed by atoms with Gasteiger partial charge in [-0.3, -0.25) is 4.99 Å². The number of rotatable bonds is 4. The van der Waals surface area contributed by atoms with Gasteiger partial charge in [0.25, 0.3) is 0 Å². The van der Waals surface area contributed by atoms with Crippen LogP contribution >= 0.6 is 11.3 Å². The smallest absolute Gasteiger partial charge is 0.116 e. The van der Waals surface area contributed by atoms with Gasteiger partial charge in [-0.25, -0.2) is 0 Å². The number of aromatic hydroxyl groups is 1. The number of nitrogens with zero attached hydrogens (tertiary/aromatic N) is 2. The quantitative estimate of drug-likeness (QED) is 0.686. The minimum atomic E-state index is 0.278. The highest BCUT2D eigenvalue weighted by molar-refractivity contribution is 7.14. The van der Waals surface area contributed by atoms with Crippen LogP contribution < -0.4 is 0 Å². The lowest BCUT2D eigenvalue weighted by molar-refractivity contribution is 0.475. The van der Waals surface area contributed by atoms with Crippen LogP contribution in [0.1, 0.15) is 34.4 Å². The third kappa shape index (κ3) is 3.02. The number of aryl methyl sites for hydroxylation is 1. The number of aliphatic imine (C=N–C) groups is 1. The highest BCUT2D eigenvalue weighted by Gasteiger charge is 2.20. The van der Waals surface area contributed by atoms with Gasteiger partial charge in [-0.15, -0.1) is 11.3 Å². The number of fused-ring (bicyclic) bond motifs is 1. The van der Waals surface area contributed by atoms with Gasteiger partial charge in [-0.2, -0.15) is 0 Å². The molecule has 0 saturated carbocycles. The molecule has 3 aromatic rings. The molecule has 4 heteroatoms. The van der Waals surface area contributed by atoms with Crippen molar-refractivity contribution in [2.24, 2.45) is 4.99 Å². The maximum atomic E-state index is 9.56. The first-order chi connectivity index (χ1) is 11.8. The maximum Gasteiger partial charge on any atom is 0.116 e. The highest BCUT2D eigenvalue weighted by atomic mass is 32.1. The molecule has 24 heavy (non-hydrogen) atoms. The second kappa shape index (κ2) is 6.65. The lowest BCUT2D eigenvalue weighted by Gasteiger charge is -2.12. The van der Waals surface area contributed by atoms with Gasteiger partial charge in [0.05, 0.1) is 6.54 Å². The number of thiophene rings is 1. The SMILES string of the molecule is Oc1cccc(C=NCc2c(-n3cccc3)sc3c2CCCC3)c1. The van der Waals surface area contributed by atoms with E-state index >= 15 is 0 Å². The Labute approximate surface area is 145 Å². The standard InChI is InChI=1S/C20H20N2OS/c23-16-7-5-6-15(12-16)13-21-14-18-17-8-1-2-9-19(17)24-20(18)22-10-3-4-11-22/h3-7,10-13,23H,1-2,8-9,14H2. The van der Waals surface area contributed by atoms with Crippen molar-refractivity contribution in [3.8, 4) is 10.8 Å². The Morgan fingerprint density at radius 3 is 2.79 bits per heavy atom. The van der Waals surface area contributed by atoms with Gasteiger partial charge >= 0.3 is 0 Å². The van der Waals surface area contributed by atoms with Crippen LogP contribution in [-0.4, -0.2) is 15.9 Å². The Balaban J connectivity index is 1.65. The Kier molecular flexibility index (Phi) is 4.22. The molecule has 2 aromatic heterocycles. The summed E-state index contributed by atoms with van der Waals surface area (Å²) in [6.07, 6.45) is 11.0. The average molecular weight is 336 g/mol. The van der Waals surface area contributed by atoms with E-state index in [-0.39, 0.29) is 5.75 Å². The molecule has 1 aliphatic carbocycles. The summed E-state index contributed by atoms with van der Waals surface area (Å²) in [5.74, 6) is 0.278. The van der Waals surface area contributed by atoms with Gasteiger partial charge in [0.15, 0.2) is 0 Å². The van der Waals surface area contributed by atoms with Gasteiger partial charge in [0.2, 0.25) is 0 Å². The number of phenols is 1. The van der Waals surface area contributed by atoms with E-state index in [4.69, 9.17) is 0 Å². The number of phenolic OH excluding ortho intramolecular Hbond substituents is 1. The summed E-state index contributed by atoms with van der Waals surface area (Å²) >= 11 is 1.92. The van der Waals surface area contributed by atoms with E-state index in [9.17, 15) is 5.11 Å². The van der Waals surface area contributed by atoms with E-state index in [1.165, 1.54) is 46.7 Å². The Bertz CT molecular complexity index is 862. The Morgan fingerprint density at radius 1 is 1.12 bits per heavy atom. The van der Waals surface area contributed by atoms with E-state index < -0.39 is 0 Å². The summed E-state index contributed by atoms with van der Waals surface area (Å²) in [6.45, 7) is 0.689. The lowest BCUT2D eigenvalue weighted by atomic mass is 9.95. The van der Waals surface area contributed by atoms with Crippen LogP contribution in [0.15, 0.2) is 53.8 Å². The van der Waals surface area contributed by atoms with Crippen molar-refractivity contribution < 1.29 is 5.11 Å². The van der Waals surface area contributed by atoms with E-state index in [1.54, 1.807) is 12.1 Å². The molecule has 0 spiro atoms. The van der Waals surface area contributed by atoms with Crippen LogP contribution in [-0.2, 0) is 19.4 Å². The van der Waals surface area contributed by atoms with Crippen LogP contribution in [0.5, 0.6) is 5.75 Å². The van der Waals surface area contributed by atoms with E-state index in [2.05, 4.69) is 34.1 Å². The first kappa shape index (κ1) is 15.2. The molecule has 0 bridgehead atoms. The predicted octanol–water partition coefficient (Wildman–Crippen LogP) is 4.74. The molecule has 0 atom stereocenters. The first-order valence-corrected chi connectivity index (χ1v) is 9.18. The molecule has 2 heterocycles. The zero-order valence-corrected chi connectivity index (χ0v) is 14.3. The molecular weight excluding hydrogens is 316 g/mol. The summed E-state index contributed by atoms with van der Waals surface area (Å²) in [5, 5.41) is 10.9. The average Bonchev–Trinajstić information content (AvgIpc) is 3.23. The molecule has 0 radical (unpaired) electrons. The fourth-order valence-electron chi connectivity index (χ4n) is 3.31. The highest BCUT2D eigenvalue weighted by Crippen LogP contribution is 2.37. The van der Waals surface area contributed by atoms with E-state index in [0.717, 1.165) is 5.56 Å². The Morgan fingerprint density at radius 2 is 1.96 bits per heavy atom. The molecule has 0 amide bonds. The third-order valence-corrected chi connectivity index (χ3v) is 5.81. The number of aromatic nitrogens is 1. The van der Waals surface area contributed by atoms with Crippen molar-refractivity contribution in [3.63, 3.8) is 0 Å². The van der Waals surface area contributed by atoms with Crippen LogP contribution in [0.25, 0.3) is 5.00 Å². The zero-order chi connectivity index (χ0) is 16.4. The van der Waals surface area contributed by atoms with E-state index in [0.29, 0.717) is 6.54 Å². The van der Waals surface area contributed by atoms with Gasteiger partial charge in [0.1, 0.15) is 10.8 Å². The fraction of sp³-hybridized carbons (Fsp3) is 0.250. The molecule has 4 rings (SSSR count). The molecular formula is C20H20N2OS. The van der Waals surface area contributed by atoms with Crippen molar-refractivity contribution >= 4 is 17.6 Å². The monoisotopic (exact) mass is 336 g/mol. The molecule has 1 aromatic carbocycles. The summed E-state index contributed by atoms with van der Waals surface area (Å²) in [4.78, 5) is 6.20. The van der Waals surface area contributed by atoms with Crippen LogP contribution in [0.4, 0.5) is 0 Å². The van der Waals surface area contributed by atoms with Crippen LogP contribution in [0, 0.1) is 0 Å². The molecule has 1 N–H and O–H groups in total. The topological polar surface area (TPSA) is 37.5 Å². The molecule has 0 fully saturated rings. The minimum Gasteiger partial charge on any atom is -0.508 e. The molecule has 3 nitrogen and oxygen atoms in total. The van der Waals surface area contributed by atoms with Gasteiger partial charge in [-0.1, -0.05) is 12.1 Å². The van der Waals surface area contributed by atoms with Gasteiger partial charge in [-0.05, 0) is 61.1 Å². The van der Waals surface area contributed by atoms with E-state index in [1.807, 2.05) is 29.7 Å². The summed E-state index contributed by atoms with van der Waals surface area (Å²) in [7, 11) is 0. The minimum absolute atomic E-state index is 0.278. The first-order valence-electron chi connectivity index (χ1n) is 8.37. The Hall–Kier alpha value is -2.33. The number of benzene rings is 1. The second-order valence-electron chi connectivity index (χ2n) is 6.15. The summed E-state index contributed by atoms with van der Waals surface area (Å²) in [5.41, 5.74) is 3.81. The second-order valence-corrected chi connectivity index (χ2v) is 7.23. The van der Waals surface area contributed by atoms with Crippen molar-refractivity contribution in [3.05, 3.63) is 70.4 Å². The van der Waals surface area contributed by atoms with Gasteiger partial charge in [0, 0.05) is 29.0 Å². The summed E-state index contributed by atoms with van der Waals surface area (Å²) < 4.78 is 2.21. The number of hydrogen-bond acceptors (Lipinski definition) is 3. The predicted molar refractivity (Wildman–Crippen MR) is 99.7 cm³/mol. The van der Waals surface area contributed by atoms with Crippen molar-refractivity contribution in [2.75, 3.05) is 0 Å². The zero-order valence-electron chi connectivity index (χ0n) is 13.5. The normalized spacial score (nSPS) is 14.2. The maximum absolute atomic E-state index is 9.56. The third-order valence-electron chi connectivity index (χ3n) is 4.46. The summed E-state index contributed by atoms with van der Waals surface area (Å²) in [6, 6.07) is 11.3. The molecule has 1 aliphatic rings. The van der Waals surface area contributed by atoms with Crippen LogP contribution in [0.3, 0.4) is 0 Å². The molecule has 0 saturated heterocycles. The molecule has 0 unspecified atom stereocenters. The van der Waals surface area contributed by atoms with Gasteiger partial charge < -0.3 is 9.67 Å². The molecule has 0 aliphatic heterocycles.